The summed E-state index contributed by atoms with van der Waals surface area (Å²) in [6, 6.07) is 7.80. The molecule has 1 aromatic carbocycles. The lowest BCUT2D eigenvalue weighted by atomic mass is 10.1. The van der Waals surface area contributed by atoms with E-state index in [0.717, 1.165) is 28.4 Å². The smallest absolute Gasteiger partial charge is 0.394 e. The van der Waals surface area contributed by atoms with Gasteiger partial charge in [-0.3, -0.25) is 0 Å². The second-order valence-electron chi connectivity index (χ2n) is 7.78. The Morgan fingerprint density at radius 2 is 1.90 bits per heavy atom. The fourth-order valence-corrected chi connectivity index (χ4v) is 4.41. The van der Waals surface area contributed by atoms with Crippen molar-refractivity contribution in [1.82, 2.24) is 14.5 Å². The SMILES string of the molecule is CC(C)Cc1nc(-c2ccc(Cn3ccnc3C(C)C)cc2)c(OC(=O)N=S(=O)=O)s1. The highest BCUT2D eigenvalue weighted by atomic mass is 32.2. The van der Waals surface area contributed by atoms with Gasteiger partial charge >= 0.3 is 16.6 Å². The zero-order valence-corrected chi connectivity index (χ0v) is 19.4. The molecular weight excluding hydrogens is 436 g/mol. The van der Waals surface area contributed by atoms with Crippen LogP contribution in [-0.2, 0) is 23.5 Å². The summed E-state index contributed by atoms with van der Waals surface area (Å²) in [5.41, 5.74) is 2.37. The van der Waals surface area contributed by atoms with E-state index >= 15 is 0 Å². The number of thiazole rings is 1. The van der Waals surface area contributed by atoms with Crippen LogP contribution in [0, 0.1) is 5.92 Å². The van der Waals surface area contributed by atoms with Gasteiger partial charge in [0.1, 0.15) is 11.5 Å². The summed E-state index contributed by atoms with van der Waals surface area (Å²) in [5.74, 6) is 1.72. The van der Waals surface area contributed by atoms with Crippen molar-refractivity contribution in [1.29, 1.82) is 0 Å². The van der Waals surface area contributed by atoms with Crippen LogP contribution in [0.25, 0.3) is 11.3 Å². The maximum Gasteiger partial charge on any atom is 0.455 e. The van der Waals surface area contributed by atoms with E-state index in [9.17, 15) is 13.2 Å². The number of benzene rings is 1. The second kappa shape index (κ2) is 9.97. The summed E-state index contributed by atoms with van der Waals surface area (Å²) in [5, 5.41) is 1.04. The molecule has 0 aliphatic carbocycles. The molecule has 0 atom stereocenters. The lowest BCUT2D eigenvalue weighted by Gasteiger charge is -2.11. The van der Waals surface area contributed by atoms with Gasteiger partial charge in [0.2, 0.25) is 5.06 Å². The lowest BCUT2D eigenvalue weighted by Crippen LogP contribution is -2.05. The van der Waals surface area contributed by atoms with E-state index in [1.165, 1.54) is 11.3 Å². The largest absolute Gasteiger partial charge is 0.455 e. The molecule has 31 heavy (non-hydrogen) atoms. The molecule has 0 saturated heterocycles. The molecule has 0 saturated carbocycles. The Balaban J connectivity index is 1.88. The van der Waals surface area contributed by atoms with E-state index < -0.39 is 16.6 Å². The second-order valence-corrected chi connectivity index (χ2v) is 9.45. The molecule has 164 valence electrons. The van der Waals surface area contributed by atoms with Gasteiger partial charge < -0.3 is 9.30 Å². The molecule has 1 amide bonds. The van der Waals surface area contributed by atoms with E-state index in [1.54, 1.807) is 6.20 Å². The highest BCUT2D eigenvalue weighted by Gasteiger charge is 2.18. The van der Waals surface area contributed by atoms with Crippen molar-refractivity contribution in [3.63, 3.8) is 0 Å². The van der Waals surface area contributed by atoms with Crippen LogP contribution in [0.1, 0.15) is 50.0 Å². The van der Waals surface area contributed by atoms with Crippen LogP contribution >= 0.6 is 11.3 Å². The number of amides is 1. The summed E-state index contributed by atoms with van der Waals surface area (Å²) in [7, 11) is -2.87. The molecule has 10 heteroatoms. The molecular formula is C21H24N4O4S2. The molecule has 0 aliphatic heterocycles. The van der Waals surface area contributed by atoms with Gasteiger partial charge in [-0.25, -0.2) is 14.8 Å². The van der Waals surface area contributed by atoms with Crippen molar-refractivity contribution in [2.45, 2.75) is 46.6 Å². The van der Waals surface area contributed by atoms with Crippen LogP contribution in [0.2, 0.25) is 0 Å². The molecule has 2 aromatic heterocycles. The van der Waals surface area contributed by atoms with E-state index in [0.29, 0.717) is 24.1 Å². The van der Waals surface area contributed by atoms with Crippen LogP contribution < -0.4 is 4.74 Å². The quantitative estimate of drug-likeness (QED) is 0.495. The normalized spacial score (nSPS) is 11.2. The molecule has 0 spiro atoms. The zero-order valence-electron chi connectivity index (χ0n) is 17.8. The van der Waals surface area contributed by atoms with Gasteiger partial charge in [-0.2, -0.15) is 8.42 Å². The number of hydrogen-bond acceptors (Lipinski definition) is 7. The molecule has 0 bridgehead atoms. The Morgan fingerprint density at radius 3 is 2.52 bits per heavy atom. The molecule has 0 N–H and O–H groups in total. The Hall–Kier alpha value is -2.85. The average molecular weight is 461 g/mol. The number of rotatable bonds is 7. The monoisotopic (exact) mass is 460 g/mol. The highest BCUT2D eigenvalue weighted by molar-refractivity contribution is 7.62. The third kappa shape index (κ3) is 6.08. The van der Waals surface area contributed by atoms with Crippen molar-refractivity contribution >= 4 is 27.9 Å². The van der Waals surface area contributed by atoms with Crippen LogP contribution in [-0.4, -0.2) is 29.0 Å². The number of carbonyl (C=O) groups is 1. The number of carbonyl (C=O) groups excluding carboxylic acids is 1. The van der Waals surface area contributed by atoms with Crippen LogP contribution in [0.3, 0.4) is 0 Å². The molecule has 3 rings (SSSR count). The van der Waals surface area contributed by atoms with Crippen molar-refractivity contribution in [3.8, 4) is 16.3 Å². The number of hydrogen-bond donors (Lipinski definition) is 0. The predicted octanol–water partition coefficient (Wildman–Crippen LogP) is 4.94. The van der Waals surface area contributed by atoms with E-state index in [4.69, 9.17) is 4.74 Å². The highest BCUT2D eigenvalue weighted by Crippen LogP contribution is 2.37. The first-order valence-corrected chi connectivity index (χ1v) is 11.7. The van der Waals surface area contributed by atoms with Gasteiger partial charge in [-0.1, -0.05) is 67.7 Å². The summed E-state index contributed by atoms with van der Waals surface area (Å²) in [4.78, 5) is 20.8. The predicted molar refractivity (Wildman–Crippen MR) is 119 cm³/mol. The summed E-state index contributed by atoms with van der Waals surface area (Å²) in [6.45, 7) is 9.05. The van der Waals surface area contributed by atoms with Crippen molar-refractivity contribution in [3.05, 3.63) is 53.1 Å². The fourth-order valence-electron chi connectivity index (χ4n) is 3.12. The van der Waals surface area contributed by atoms with Gasteiger partial charge in [0, 0.05) is 36.8 Å². The topological polar surface area (TPSA) is 104 Å². The van der Waals surface area contributed by atoms with E-state index in [-0.39, 0.29) is 5.06 Å². The molecule has 0 radical (unpaired) electrons. The minimum Gasteiger partial charge on any atom is -0.394 e. The minimum absolute atomic E-state index is 0.235. The van der Waals surface area contributed by atoms with Gasteiger partial charge in [-0.05, 0) is 11.5 Å². The third-order valence-corrected chi connectivity index (χ3v) is 5.65. The van der Waals surface area contributed by atoms with Crippen molar-refractivity contribution in [2.24, 2.45) is 10.3 Å². The van der Waals surface area contributed by atoms with Crippen molar-refractivity contribution in [2.75, 3.05) is 0 Å². The van der Waals surface area contributed by atoms with E-state index in [1.807, 2.05) is 30.5 Å². The number of imidazole rings is 1. The maximum atomic E-state index is 11.7. The molecule has 2 heterocycles. The van der Waals surface area contributed by atoms with Crippen LogP contribution in [0.15, 0.2) is 41.0 Å². The van der Waals surface area contributed by atoms with E-state index in [2.05, 4.69) is 46.6 Å². The molecule has 0 unspecified atom stereocenters. The number of nitrogens with zero attached hydrogens (tertiary/aromatic N) is 4. The van der Waals surface area contributed by atoms with Gasteiger partial charge in [0.25, 0.3) is 0 Å². The van der Waals surface area contributed by atoms with Gasteiger partial charge in [-0.15, -0.1) is 0 Å². The zero-order chi connectivity index (χ0) is 22.5. The Kier molecular flexibility index (Phi) is 7.34. The Labute approximate surface area is 186 Å². The Bertz CT molecular complexity index is 1180. The summed E-state index contributed by atoms with van der Waals surface area (Å²) in [6.07, 6.45) is 3.29. The first-order chi connectivity index (χ1) is 14.7. The standard InChI is InChI=1S/C21H24N4O4S2/c1-13(2)11-17-23-18(20(30-17)29-21(26)24-31(27)28)16-7-5-15(6-8-16)12-25-10-9-22-19(25)14(3)4/h5-10,13-14H,11-12H2,1-4H3. The molecule has 0 fully saturated rings. The summed E-state index contributed by atoms with van der Waals surface area (Å²) >= 11 is 1.22. The molecule has 0 aliphatic rings. The lowest BCUT2D eigenvalue weighted by molar-refractivity contribution is 0.213. The maximum absolute atomic E-state index is 11.7. The molecule has 3 aromatic rings. The van der Waals surface area contributed by atoms with Crippen molar-refractivity contribution < 1.29 is 17.9 Å². The third-order valence-electron chi connectivity index (χ3n) is 4.40. The molecule has 8 nitrogen and oxygen atoms in total. The fraction of sp³-hybridized carbons (Fsp3) is 0.381. The van der Waals surface area contributed by atoms with Crippen LogP contribution in [0.4, 0.5) is 4.79 Å². The first-order valence-electron chi connectivity index (χ1n) is 9.86. The van der Waals surface area contributed by atoms with Gasteiger partial charge in [0.15, 0.2) is 0 Å². The average Bonchev–Trinajstić information content (AvgIpc) is 3.28. The first kappa shape index (κ1) is 22.8. The number of ether oxygens (including phenoxy) is 1. The van der Waals surface area contributed by atoms with Gasteiger partial charge in [0.05, 0.1) is 5.01 Å². The van der Waals surface area contributed by atoms with Crippen LogP contribution in [0.5, 0.6) is 5.06 Å². The minimum atomic E-state index is -2.87. The Morgan fingerprint density at radius 1 is 1.19 bits per heavy atom. The number of aromatic nitrogens is 3. The summed E-state index contributed by atoms with van der Waals surface area (Å²) < 4.78 is 31.5.